The highest BCUT2D eigenvalue weighted by Gasteiger charge is 2.20. The highest BCUT2D eigenvalue weighted by Crippen LogP contribution is 2.20. The maximum absolute atomic E-state index is 12.4. The van der Waals surface area contributed by atoms with Gasteiger partial charge in [-0.15, -0.1) is 0 Å². The molecule has 0 bridgehead atoms. The Morgan fingerprint density at radius 2 is 1.54 bits per heavy atom. The number of anilines is 1. The van der Waals surface area contributed by atoms with Gasteiger partial charge in [0.1, 0.15) is 0 Å². The van der Waals surface area contributed by atoms with Crippen molar-refractivity contribution in [3.05, 3.63) is 78.4 Å². The van der Waals surface area contributed by atoms with Crippen molar-refractivity contribution in [2.75, 3.05) is 5.32 Å². The van der Waals surface area contributed by atoms with Crippen LogP contribution in [0.1, 0.15) is 17.3 Å². The topological polar surface area (TPSA) is 55.4 Å². The second kappa shape index (κ2) is 6.96. The minimum atomic E-state index is -0.892. The summed E-state index contributed by atoms with van der Waals surface area (Å²) in [5, 5.41) is 4.48. The van der Waals surface area contributed by atoms with Gasteiger partial charge in [-0.25, -0.2) is 4.79 Å². The molecule has 0 aliphatic carbocycles. The number of esters is 1. The number of hydrogen-bond acceptors (Lipinski definition) is 3. The van der Waals surface area contributed by atoms with Crippen molar-refractivity contribution in [2.24, 2.45) is 0 Å². The largest absolute Gasteiger partial charge is 0.449 e. The molecule has 0 heterocycles. The number of benzene rings is 3. The van der Waals surface area contributed by atoms with Gasteiger partial charge in [-0.2, -0.15) is 0 Å². The summed E-state index contributed by atoms with van der Waals surface area (Å²) < 4.78 is 5.33. The van der Waals surface area contributed by atoms with Gasteiger partial charge >= 0.3 is 5.97 Å². The van der Waals surface area contributed by atoms with Gasteiger partial charge in [0, 0.05) is 5.69 Å². The van der Waals surface area contributed by atoms with E-state index in [0.717, 1.165) is 10.8 Å². The summed E-state index contributed by atoms with van der Waals surface area (Å²) in [5.74, 6) is -0.878. The molecule has 3 aromatic rings. The fraction of sp³-hybridized carbons (Fsp3) is 0.100. The molecule has 1 N–H and O–H groups in total. The van der Waals surface area contributed by atoms with Crippen molar-refractivity contribution in [2.45, 2.75) is 13.0 Å². The summed E-state index contributed by atoms with van der Waals surface area (Å²) in [6.45, 7) is 1.56. The van der Waals surface area contributed by atoms with Gasteiger partial charge in [0.05, 0.1) is 5.56 Å². The summed E-state index contributed by atoms with van der Waals surface area (Å²) in [6.07, 6.45) is -0.892. The van der Waals surface area contributed by atoms with E-state index in [2.05, 4.69) is 5.32 Å². The lowest BCUT2D eigenvalue weighted by Crippen LogP contribution is -2.30. The Kier molecular flexibility index (Phi) is 4.57. The van der Waals surface area contributed by atoms with Crippen LogP contribution in [0.25, 0.3) is 10.8 Å². The monoisotopic (exact) mass is 319 g/mol. The molecule has 120 valence electrons. The van der Waals surface area contributed by atoms with Gasteiger partial charge in [-0.05, 0) is 35.9 Å². The average Bonchev–Trinajstić information content (AvgIpc) is 2.62. The van der Waals surface area contributed by atoms with Crippen LogP contribution < -0.4 is 5.32 Å². The number of nitrogens with one attached hydrogen (secondary N) is 1. The third-order valence-corrected chi connectivity index (χ3v) is 3.70. The van der Waals surface area contributed by atoms with E-state index in [0.29, 0.717) is 11.3 Å². The van der Waals surface area contributed by atoms with Crippen LogP contribution in [0.3, 0.4) is 0 Å². The molecule has 1 atom stereocenters. The molecular formula is C20H17NO3. The zero-order valence-electron chi connectivity index (χ0n) is 13.2. The third kappa shape index (κ3) is 3.43. The van der Waals surface area contributed by atoms with Crippen molar-refractivity contribution < 1.29 is 14.3 Å². The predicted octanol–water partition coefficient (Wildman–Crippen LogP) is 4.02. The number of para-hydroxylation sites is 1. The van der Waals surface area contributed by atoms with Crippen LogP contribution in [0, 0.1) is 0 Å². The van der Waals surface area contributed by atoms with Crippen molar-refractivity contribution in [3.8, 4) is 0 Å². The summed E-state index contributed by atoms with van der Waals surface area (Å²) >= 11 is 0. The fourth-order valence-electron chi connectivity index (χ4n) is 2.45. The molecule has 0 aliphatic heterocycles. The van der Waals surface area contributed by atoms with Gasteiger partial charge in [-0.3, -0.25) is 4.79 Å². The molecule has 0 aliphatic rings. The van der Waals surface area contributed by atoms with Crippen molar-refractivity contribution in [1.29, 1.82) is 0 Å². The van der Waals surface area contributed by atoms with Crippen LogP contribution in [0.5, 0.6) is 0 Å². The van der Waals surface area contributed by atoms with E-state index in [1.807, 2.05) is 48.5 Å². The van der Waals surface area contributed by atoms with E-state index in [1.165, 1.54) is 0 Å². The van der Waals surface area contributed by atoms with Crippen molar-refractivity contribution >= 4 is 28.3 Å². The molecule has 1 amide bonds. The number of amides is 1. The van der Waals surface area contributed by atoms with Crippen LogP contribution in [0.2, 0.25) is 0 Å². The molecule has 3 aromatic carbocycles. The number of ether oxygens (including phenoxy) is 1. The second-order valence-corrected chi connectivity index (χ2v) is 5.43. The summed E-state index contributed by atoms with van der Waals surface area (Å²) in [5.41, 5.74) is 1.11. The quantitative estimate of drug-likeness (QED) is 0.739. The van der Waals surface area contributed by atoms with E-state index >= 15 is 0 Å². The molecule has 24 heavy (non-hydrogen) atoms. The molecule has 0 saturated heterocycles. The smallest absolute Gasteiger partial charge is 0.339 e. The Morgan fingerprint density at radius 3 is 2.33 bits per heavy atom. The summed E-state index contributed by atoms with van der Waals surface area (Å²) in [4.78, 5) is 24.6. The van der Waals surface area contributed by atoms with E-state index in [-0.39, 0.29) is 5.91 Å². The zero-order valence-corrected chi connectivity index (χ0v) is 13.2. The highest BCUT2D eigenvalue weighted by atomic mass is 16.5. The summed E-state index contributed by atoms with van der Waals surface area (Å²) in [6, 6.07) is 22.0. The van der Waals surface area contributed by atoms with Gasteiger partial charge in [0.15, 0.2) is 6.10 Å². The number of carbonyl (C=O) groups excluding carboxylic acids is 2. The lowest BCUT2D eigenvalue weighted by molar-refractivity contribution is -0.123. The van der Waals surface area contributed by atoms with Crippen LogP contribution in [0.15, 0.2) is 72.8 Å². The first kappa shape index (κ1) is 15.7. The fourth-order valence-corrected chi connectivity index (χ4v) is 2.45. The molecule has 0 aromatic heterocycles. The zero-order chi connectivity index (χ0) is 16.9. The number of rotatable bonds is 4. The third-order valence-electron chi connectivity index (χ3n) is 3.70. The lowest BCUT2D eigenvalue weighted by atomic mass is 10.0. The molecular weight excluding hydrogens is 302 g/mol. The van der Waals surface area contributed by atoms with Gasteiger partial charge in [0.2, 0.25) is 0 Å². The SMILES string of the molecule is C[C@@H](OC(=O)c1cccc2ccccc12)C(=O)Nc1ccccc1. The number of fused-ring (bicyclic) bond motifs is 1. The summed E-state index contributed by atoms with van der Waals surface area (Å²) in [7, 11) is 0. The Hall–Kier alpha value is -3.14. The van der Waals surface area contributed by atoms with Gasteiger partial charge in [-0.1, -0.05) is 54.6 Å². The number of carbonyl (C=O) groups is 2. The van der Waals surface area contributed by atoms with Crippen LogP contribution in [-0.4, -0.2) is 18.0 Å². The Labute approximate surface area is 140 Å². The first-order valence-corrected chi connectivity index (χ1v) is 7.70. The Morgan fingerprint density at radius 1 is 0.875 bits per heavy atom. The average molecular weight is 319 g/mol. The molecule has 4 nitrogen and oxygen atoms in total. The van der Waals surface area contributed by atoms with E-state index < -0.39 is 12.1 Å². The van der Waals surface area contributed by atoms with Gasteiger partial charge < -0.3 is 10.1 Å². The normalized spacial score (nSPS) is 11.7. The van der Waals surface area contributed by atoms with E-state index in [9.17, 15) is 9.59 Å². The molecule has 3 rings (SSSR count). The van der Waals surface area contributed by atoms with Gasteiger partial charge in [0.25, 0.3) is 5.91 Å². The maximum atomic E-state index is 12.4. The molecule has 0 fully saturated rings. The maximum Gasteiger partial charge on any atom is 0.339 e. The minimum Gasteiger partial charge on any atom is -0.449 e. The minimum absolute atomic E-state index is 0.366. The van der Waals surface area contributed by atoms with Crippen LogP contribution >= 0.6 is 0 Å². The number of hydrogen-bond donors (Lipinski definition) is 1. The Bertz CT molecular complexity index is 869. The first-order chi connectivity index (χ1) is 11.6. The van der Waals surface area contributed by atoms with Crippen molar-refractivity contribution in [1.82, 2.24) is 0 Å². The lowest BCUT2D eigenvalue weighted by Gasteiger charge is -2.14. The first-order valence-electron chi connectivity index (χ1n) is 7.70. The standard InChI is InChI=1S/C20H17NO3/c1-14(19(22)21-16-10-3-2-4-11-16)24-20(23)18-13-7-9-15-8-5-6-12-17(15)18/h2-14H,1H3,(H,21,22)/t14-/m1/s1. The van der Waals surface area contributed by atoms with Crippen molar-refractivity contribution in [3.63, 3.8) is 0 Å². The van der Waals surface area contributed by atoms with E-state index in [4.69, 9.17) is 4.74 Å². The second-order valence-electron chi connectivity index (χ2n) is 5.43. The van der Waals surface area contributed by atoms with Crippen LogP contribution in [0.4, 0.5) is 5.69 Å². The molecule has 4 heteroatoms. The molecule has 0 radical (unpaired) electrons. The Balaban J connectivity index is 1.72. The van der Waals surface area contributed by atoms with Crippen LogP contribution in [-0.2, 0) is 9.53 Å². The van der Waals surface area contributed by atoms with E-state index in [1.54, 1.807) is 31.2 Å². The molecule has 0 saturated carbocycles. The highest BCUT2D eigenvalue weighted by molar-refractivity contribution is 6.05. The predicted molar refractivity (Wildman–Crippen MR) is 93.9 cm³/mol. The molecule has 0 unspecified atom stereocenters. The molecule has 0 spiro atoms.